The van der Waals surface area contributed by atoms with E-state index in [1.54, 1.807) is 17.9 Å². The van der Waals surface area contributed by atoms with E-state index < -0.39 is 20.7 Å². The van der Waals surface area contributed by atoms with Crippen molar-refractivity contribution in [3.8, 4) is 17.6 Å². The van der Waals surface area contributed by atoms with Gasteiger partial charge < -0.3 is 29.8 Å². The highest BCUT2D eigenvalue weighted by atomic mass is 31.2. The molecule has 0 aromatic heterocycles. The summed E-state index contributed by atoms with van der Waals surface area (Å²) in [6, 6.07) is 20.0. The van der Waals surface area contributed by atoms with Crippen LogP contribution in [0, 0.1) is 18.8 Å². The second-order valence-electron chi connectivity index (χ2n) is 11.4. The molecule has 1 heterocycles. The Bertz CT molecular complexity index is 1600. The third kappa shape index (κ3) is 10.9. The first-order valence-corrected chi connectivity index (χ1v) is 17.0. The predicted octanol–water partition coefficient (Wildman–Crippen LogP) is 5.90. The lowest BCUT2D eigenvalue weighted by molar-refractivity contribution is -0.126. The number of alkyl halides is 1. The highest BCUT2D eigenvalue weighted by molar-refractivity contribution is 7.39. The van der Waals surface area contributed by atoms with Crippen molar-refractivity contribution in [3.63, 3.8) is 0 Å². The number of hydrogen-bond donors (Lipinski definition) is 4. The average Bonchev–Trinajstić information content (AvgIpc) is 3.05. The third-order valence-corrected chi connectivity index (χ3v) is 8.15. The molecule has 0 saturated carbocycles. The number of carbonyl (C=O) groups excluding carboxylic acids is 3. The summed E-state index contributed by atoms with van der Waals surface area (Å²) in [4.78, 5) is 58.0. The van der Waals surface area contributed by atoms with Crippen molar-refractivity contribution in [1.82, 2.24) is 10.6 Å². The number of aryl methyl sites for hydroxylation is 1. The molecule has 0 fully saturated rings. The van der Waals surface area contributed by atoms with Crippen molar-refractivity contribution in [2.45, 2.75) is 71.0 Å². The Labute approximate surface area is 276 Å². The van der Waals surface area contributed by atoms with Crippen LogP contribution in [0.4, 0.5) is 10.1 Å². The summed E-state index contributed by atoms with van der Waals surface area (Å²) in [5, 5.41) is 5.49. The maximum absolute atomic E-state index is 14.8. The number of amides is 3. The van der Waals surface area contributed by atoms with Gasteiger partial charge >= 0.3 is 8.60 Å². The number of nitrogens with one attached hydrogen (secondary N) is 2. The number of rotatable bonds is 16. The van der Waals surface area contributed by atoms with Crippen LogP contribution in [0.2, 0.25) is 0 Å². The number of fused-ring (bicyclic) bond motifs is 2. The van der Waals surface area contributed by atoms with Gasteiger partial charge in [0.1, 0.15) is 5.75 Å². The number of unbranched alkanes of at least 4 members (excludes halogenated alkanes) is 4. The molecule has 1 unspecified atom stereocenters. The third-order valence-electron chi connectivity index (χ3n) is 7.79. The van der Waals surface area contributed by atoms with E-state index in [9.17, 15) is 18.8 Å². The Kier molecular flexibility index (Phi) is 13.7. The lowest BCUT2D eigenvalue weighted by Crippen LogP contribution is -2.31. The van der Waals surface area contributed by atoms with Crippen molar-refractivity contribution in [3.05, 3.63) is 94.5 Å². The summed E-state index contributed by atoms with van der Waals surface area (Å²) >= 11 is 0. The van der Waals surface area contributed by atoms with Crippen LogP contribution in [0.3, 0.4) is 0 Å². The number of halogens is 1. The summed E-state index contributed by atoms with van der Waals surface area (Å²) in [5.74, 6) is 5.49. The molecule has 47 heavy (non-hydrogen) atoms. The van der Waals surface area contributed by atoms with Crippen LogP contribution in [-0.2, 0) is 20.9 Å². The fourth-order valence-corrected chi connectivity index (χ4v) is 5.65. The molecule has 3 amide bonds. The van der Waals surface area contributed by atoms with E-state index in [4.69, 9.17) is 14.3 Å². The molecule has 0 radical (unpaired) electrons. The van der Waals surface area contributed by atoms with Crippen LogP contribution < -0.4 is 20.1 Å². The van der Waals surface area contributed by atoms with E-state index in [0.717, 1.165) is 41.6 Å². The predicted molar refractivity (Wildman–Crippen MR) is 180 cm³/mol. The van der Waals surface area contributed by atoms with E-state index in [1.165, 1.54) is 12.1 Å². The van der Waals surface area contributed by atoms with E-state index >= 15 is 0 Å². The molecule has 3 aromatic rings. The number of benzene rings is 3. The fraction of sp³-hybridized carbons (Fsp3) is 0.361. The highest BCUT2D eigenvalue weighted by Gasteiger charge is 2.25. The minimum absolute atomic E-state index is 0.00533. The SMILES string of the molecule is Cc1ccc(OP(O)O)c(C(F)C(=O)NCCCCCCNC(=O)CCCCC(=O)N2Cc3ccccc3C#Cc3ccccc32)c1. The summed E-state index contributed by atoms with van der Waals surface area (Å²) in [6.07, 6.45) is 2.95. The Morgan fingerprint density at radius 1 is 0.872 bits per heavy atom. The monoisotopic (exact) mass is 661 g/mol. The number of anilines is 1. The molecule has 248 valence electrons. The van der Waals surface area contributed by atoms with Crippen molar-refractivity contribution < 1.29 is 33.1 Å². The minimum Gasteiger partial charge on any atom is -0.427 e. The lowest BCUT2D eigenvalue weighted by Gasteiger charge is -2.26. The van der Waals surface area contributed by atoms with Gasteiger partial charge in [-0.2, -0.15) is 0 Å². The van der Waals surface area contributed by atoms with Gasteiger partial charge in [-0.1, -0.05) is 66.6 Å². The molecule has 1 atom stereocenters. The van der Waals surface area contributed by atoms with Gasteiger partial charge in [0.25, 0.3) is 5.91 Å². The van der Waals surface area contributed by atoms with Gasteiger partial charge in [-0.15, -0.1) is 0 Å². The quantitative estimate of drug-likeness (QED) is 0.0861. The molecule has 4 rings (SSSR count). The molecule has 3 aromatic carbocycles. The first-order valence-electron chi connectivity index (χ1n) is 15.9. The zero-order chi connectivity index (χ0) is 33.6. The zero-order valence-corrected chi connectivity index (χ0v) is 27.4. The maximum atomic E-state index is 14.8. The molecular formula is C36H41FN3O6P. The van der Waals surface area contributed by atoms with E-state index in [0.29, 0.717) is 57.3 Å². The first kappa shape index (κ1) is 35.6. The Morgan fingerprint density at radius 2 is 1.53 bits per heavy atom. The largest absolute Gasteiger partial charge is 0.427 e. The van der Waals surface area contributed by atoms with Crippen LogP contribution in [0.1, 0.15) is 85.4 Å². The molecule has 1 aliphatic heterocycles. The standard InChI is InChI=1S/C36H41FN3O6P/c1-26-18-21-32(46-47(44)45)30(24-26)35(37)36(43)39-23-11-3-2-10-22-38-33(41)16-8-9-17-34(42)40-25-29-14-5-4-12-27(29)19-20-28-13-6-7-15-31(28)40/h4-7,12-15,18,21,24,35,44-45H,2-3,8-11,16-17,22-23,25H2,1H3,(H,38,41)(H,39,43). The molecule has 0 aliphatic carbocycles. The molecule has 9 nitrogen and oxygen atoms in total. The van der Waals surface area contributed by atoms with Gasteiger partial charge in [-0.05, 0) is 68.5 Å². The topological polar surface area (TPSA) is 128 Å². The lowest BCUT2D eigenvalue weighted by atomic mass is 10.0. The normalized spacial score (nSPS) is 12.5. The number of carbonyl (C=O) groups is 3. The van der Waals surface area contributed by atoms with E-state index in [1.807, 2.05) is 48.5 Å². The Balaban J connectivity index is 1.08. The van der Waals surface area contributed by atoms with Crippen molar-refractivity contribution in [1.29, 1.82) is 0 Å². The molecule has 1 aliphatic rings. The van der Waals surface area contributed by atoms with Gasteiger partial charge in [-0.3, -0.25) is 14.4 Å². The van der Waals surface area contributed by atoms with Crippen LogP contribution in [0.15, 0.2) is 66.7 Å². The van der Waals surface area contributed by atoms with Gasteiger partial charge in [0.15, 0.2) is 0 Å². The second-order valence-corrected chi connectivity index (χ2v) is 12.1. The van der Waals surface area contributed by atoms with Crippen molar-refractivity contribution in [2.75, 3.05) is 18.0 Å². The minimum atomic E-state index is -2.74. The fourth-order valence-electron chi connectivity index (χ4n) is 5.30. The van der Waals surface area contributed by atoms with Gasteiger partial charge in [0.2, 0.25) is 18.0 Å². The van der Waals surface area contributed by atoms with Crippen molar-refractivity contribution >= 4 is 32.0 Å². The van der Waals surface area contributed by atoms with E-state index in [-0.39, 0.29) is 23.1 Å². The second kappa shape index (κ2) is 18.2. The molecule has 11 heteroatoms. The van der Waals surface area contributed by atoms with Gasteiger partial charge in [0.05, 0.1) is 12.2 Å². The summed E-state index contributed by atoms with van der Waals surface area (Å²) in [5.41, 5.74) is 4.19. The Hall–Kier alpha value is -4.29. The average molecular weight is 662 g/mol. The molecule has 4 N–H and O–H groups in total. The van der Waals surface area contributed by atoms with Gasteiger partial charge in [-0.25, -0.2) is 4.39 Å². The molecule has 0 spiro atoms. The van der Waals surface area contributed by atoms with Crippen LogP contribution in [-0.4, -0.2) is 40.6 Å². The number of nitrogens with zero attached hydrogens (tertiary/aromatic N) is 1. The zero-order valence-electron chi connectivity index (χ0n) is 26.5. The molecular weight excluding hydrogens is 620 g/mol. The summed E-state index contributed by atoms with van der Waals surface area (Å²) in [7, 11) is -2.74. The maximum Gasteiger partial charge on any atom is 0.391 e. The first-order chi connectivity index (χ1) is 22.7. The van der Waals surface area contributed by atoms with Crippen LogP contribution >= 0.6 is 8.60 Å². The Morgan fingerprint density at radius 3 is 2.30 bits per heavy atom. The molecule has 0 saturated heterocycles. The van der Waals surface area contributed by atoms with Crippen LogP contribution in [0.25, 0.3) is 0 Å². The number of para-hydroxylation sites is 1. The van der Waals surface area contributed by atoms with Crippen molar-refractivity contribution in [2.24, 2.45) is 0 Å². The highest BCUT2D eigenvalue weighted by Crippen LogP contribution is 2.36. The van der Waals surface area contributed by atoms with Gasteiger partial charge in [0, 0.05) is 42.6 Å². The van der Waals surface area contributed by atoms with Crippen LogP contribution in [0.5, 0.6) is 5.75 Å². The summed E-state index contributed by atoms with van der Waals surface area (Å²) < 4.78 is 19.7. The van der Waals surface area contributed by atoms with E-state index in [2.05, 4.69) is 22.5 Å². The smallest absolute Gasteiger partial charge is 0.391 e. The molecule has 0 bridgehead atoms. The number of hydrogen-bond acceptors (Lipinski definition) is 6. The summed E-state index contributed by atoms with van der Waals surface area (Å²) in [6.45, 7) is 3.01.